The zero-order valence-electron chi connectivity index (χ0n) is 8.74. The van der Waals surface area contributed by atoms with E-state index in [-0.39, 0.29) is 0 Å². The molecule has 72 valence electrons. The fourth-order valence-electron chi connectivity index (χ4n) is 1.63. The van der Waals surface area contributed by atoms with Gasteiger partial charge in [0.05, 0.1) is 7.11 Å². The number of rotatable bonds is 1. The lowest BCUT2D eigenvalue weighted by Gasteiger charge is -2.03. The number of pyridine rings is 1. The zero-order chi connectivity index (χ0) is 10.1. The van der Waals surface area contributed by atoms with Crippen molar-refractivity contribution in [2.24, 2.45) is 7.05 Å². The number of aromatic nitrogens is 1. The van der Waals surface area contributed by atoms with E-state index in [1.54, 1.807) is 7.11 Å². The quantitative estimate of drug-likeness (QED) is 0.624. The summed E-state index contributed by atoms with van der Waals surface area (Å²) >= 11 is 0. The van der Waals surface area contributed by atoms with Gasteiger partial charge in [-0.05, 0) is 23.6 Å². The number of methoxy groups -OCH3 is 1. The van der Waals surface area contributed by atoms with Crippen molar-refractivity contribution in [3.8, 4) is 5.75 Å². The Hall–Kier alpha value is -1.57. The molecule has 14 heavy (non-hydrogen) atoms. The minimum atomic E-state index is 0.908. The smallest absolute Gasteiger partial charge is 0.185 e. The maximum atomic E-state index is 5.19. The van der Waals surface area contributed by atoms with Gasteiger partial charge in [-0.25, -0.2) is 4.57 Å². The average molecular weight is 188 g/mol. The van der Waals surface area contributed by atoms with Crippen LogP contribution in [0.15, 0.2) is 30.5 Å². The van der Waals surface area contributed by atoms with Crippen molar-refractivity contribution in [1.82, 2.24) is 0 Å². The molecular weight excluding hydrogens is 174 g/mol. The van der Waals surface area contributed by atoms with Crippen molar-refractivity contribution >= 4 is 10.8 Å². The first-order valence-corrected chi connectivity index (χ1v) is 4.65. The molecule has 0 aliphatic rings. The van der Waals surface area contributed by atoms with Crippen molar-refractivity contribution in [2.45, 2.75) is 6.92 Å². The highest BCUT2D eigenvalue weighted by Crippen LogP contribution is 2.20. The highest BCUT2D eigenvalue weighted by atomic mass is 16.5. The third kappa shape index (κ3) is 1.33. The van der Waals surface area contributed by atoms with Crippen LogP contribution >= 0.6 is 0 Å². The van der Waals surface area contributed by atoms with E-state index in [9.17, 15) is 0 Å². The third-order valence-electron chi connectivity index (χ3n) is 2.66. The van der Waals surface area contributed by atoms with Crippen molar-refractivity contribution < 1.29 is 9.30 Å². The second kappa shape index (κ2) is 3.29. The summed E-state index contributed by atoms with van der Waals surface area (Å²) in [4.78, 5) is 0. The minimum absolute atomic E-state index is 0.908. The second-order valence-corrected chi connectivity index (χ2v) is 3.47. The van der Waals surface area contributed by atoms with E-state index < -0.39 is 0 Å². The Labute approximate surface area is 83.8 Å². The summed E-state index contributed by atoms with van der Waals surface area (Å²) in [5.41, 5.74) is 1.27. The van der Waals surface area contributed by atoms with E-state index in [1.165, 1.54) is 16.5 Å². The van der Waals surface area contributed by atoms with Gasteiger partial charge in [0, 0.05) is 18.4 Å². The van der Waals surface area contributed by atoms with Crippen LogP contribution in [0.5, 0.6) is 5.75 Å². The lowest BCUT2D eigenvalue weighted by atomic mass is 10.1. The number of fused-ring (bicyclic) bond motifs is 1. The molecular formula is C12H14NO+. The van der Waals surface area contributed by atoms with Gasteiger partial charge in [-0.2, -0.15) is 0 Å². The molecule has 0 aliphatic heterocycles. The molecule has 0 unspecified atom stereocenters. The summed E-state index contributed by atoms with van der Waals surface area (Å²) in [5.74, 6) is 0.908. The maximum absolute atomic E-state index is 5.19. The zero-order valence-corrected chi connectivity index (χ0v) is 8.74. The Morgan fingerprint density at radius 1 is 1.21 bits per heavy atom. The predicted molar refractivity (Wildman–Crippen MR) is 56.4 cm³/mol. The molecule has 0 atom stereocenters. The minimum Gasteiger partial charge on any atom is -0.497 e. The molecule has 0 fully saturated rings. The first-order chi connectivity index (χ1) is 6.72. The van der Waals surface area contributed by atoms with Crippen molar-refractivity contribution in [3.05, 3.63) is 36.2 Å². The standard InChI is InChI=1S/C12H14NO/c1-9-12-5-4-11(14-3)8-10(12)6-7-13(9)2/h4-8H,1-3H3/q+1. The summed E-state index contributed by atoms with van der Waals surface area (Å²) < 4.78 is 7.31. The second-order valence-electron chi connectivity index (χ2n) is 3.47. The fourth-order valence-corrected chi connectivity index (χ4v) is 1.63. The molecule has 0 radical (unpaired) electrons. The maximum Gasteiger partial charge on any atom is 0.185 e. The van der Waals surface area contributed by atoms with Gasteiger partial charge in [-0.3, -0.25) is 0 Å². The van der Waals surface area contributed by atoms with Crippen molar-refractivity contribution in [3.63, 3.8) is 0 Å². The Morgan fingerprint density at radius 3 is 2.71 bits per heavy atom. The average Bonchev–Trinajstić information content (AvgIpc) is 2.23. The van der Waals surface area contributed by atoms with Crippen molar-refractivity contribution in [1.29, 1.82) is 0 Å². The van der Waals surface area contributed by atoms with Gasteiger partial charge in [0.1, 0.15) is 12.8 Å². The van der Waals surface area contributed by atoms with Crippen LogP contribution in [0.4, 0.5) is 0 Å². The van der Waals surface area contributed by atoms with Crippen LogP contribution in [0, 0.1) is 6.92 Å². The van der Waals surface area contributed by atoms with Crippen LogP contribution in [0.1, 0.15) is 5.69 Å². The molecule has 1 aromatic heterocycles. The van der Waals surface area contributed by atoms with Gasteiger partial charge in [0.2, 0.25) is 0 Å². The Balaban J connectivity index is 2.74. The fraction of sp³-hybridized carbons (Fsp3) is 0.250. The largest absolute Gasteiger partial charge is 0.497 e. The highest BCUT2D eigenvalue weighted by molar-refractivity contribution is 5.84. The van der Waals surface area contributed by atoms with Gasteiger partial charge in [0.25, 0.3) is 0 Å². The molecule has 0 saturated heterocycles. The Bertz CT molecular complexity index is 477. The monoisotopic (exact) mass is 188 g/mol. The van der Waals surface area contributed by atoms with Gasteiger partial charge in [0.15, 0.2) is 11.9 Å². The molecule has 0 amide bonds. The van der Waals surface area contributed by atoms with Crippen LogP contribution in [0.25, 0.3) is 10.8 Å². The summed E-state index contributed by atoms with van der Waals surface area (Å²) in [6.07, 6.45) is 2.07. The molecule has 0 spiro atoms. The number of hydrogen-bond donors (Lipinski definition) is 0. The Kier molecular flexibility index (Phi) is 2.12. The van der Waals surface area contributed by atoms with E-state index in [1.807, 2.05) is 6.07 Å². The summed E-state index contributed by atoms with van der Waals surface area (Å²) in [5, 5.41) is 2.50. The first kappa shape index (κ1) is 9.00. The molecule has 2 heteroatoms. The normalized spacial score (nSPS) is 10.5. The Morgan fingerprint density at radius 2 is 2.00 bits per heavy atom. The predicted octanol–water partition coefficient (Wildman–Crippen LogP) is 1.98. The lowest BCUT2D eigenvalue weighted by molar-refractivity contribution is -0.676. The number of nitrogens with zero attached hydrogens (tertiary/aromatic N) is 1. The molecule has 0 saturated carbocycles. The summed E-state index contributed by atoms with van der Waals surface area (Å²) in [7, 11) is 3.75. The van der Waals surface area contributed by atoms with E-state index in [4.69, 9.17) is 4.74 Å². The number of aryl methyl sites for hydroxylation is 2. The van der Waals surface area contributed by atoms with E-state index in [0.29, 0.717) is 0 Å². The van der Waals surface area contributed by atoms with Crippen LogP contribution in [0.2, 0.25) is 0 Å². The van der Waals surface area contributed by atoms with Crippen LogP contribution in [0.3, 0.4) is 0 Å². The number of hydrogen-bond acceptors (Lipinski definition) is 1. The molecule has 0 aliphatic carbocycles. The van der Waals surface area contributed by atoms with Crippen LogP contribution < -0.4 is 9.30 Å². The summed E-state index contributed by atoms with van der Waals surface area (Å²) in [6, 6.07) is 8.26. The van der Waals surface area contributed by atoms with Gasteiger partial charge in [-0.1, -0.05) is 0 Å². The molecule has 1 heterocycles. The molecule has 0 N–H and O–H groups in total. The molecule has 0 bridgehead atoms. The first-order valence-electron chi connectivity index (χ1n) is 4.65. The van der Waals surface area contributed by atoms with Gasteiger partial charge in [-0.15, -0.1) is 0 Å². The van der Waals surface area contributed by atoms with Crippen LogP contribution in [-0.2, 0) is 7.05 Å². The highest BCUT2D eigenvalue weighted by Gasteiger charge is 2.06. The molecule has 2 aromatic rings. The number of ether oxygens (including phenoxy) is 1. The molecule has 1 aromatic carbocycles. The number of benzene rings is 1. The molecule has 2 rings (SSSR count). The van der Waals surface area contributed by atoms with E-state index in [0.717, 1.165) is 5.75 Å². The third-order valence-corrected chi connectivity index (χ3v) is 2.66. The summed E-state index contributed by atoms with van der Waals surface area (Å²) in [6.45, 7) is 2.12. The van der Waals surface area contributed by atoms with E-state index >= 15 is 0 Å². The van der Waals surface area contributed by atoms with E-state index in [2.05, 4.69) is 42.9 Å². The molecule has 2 nitrogen and oxygen atoms in total. The SMILES string of the molecule is COc1ccc2c(C)[n+](C)ccc2c1. The van der Waals surface area contributed by atoms with Crippen LogP contribution in [-0.4, -0.2) is 7.11 Å². The lowest BCUT2D eigenvalue weighted by Crippen LogP contribution is -2.31. The van der Waals surface area contributed by atoms with Gasteiger partial charge < -0.3 is 4.74 Å². The van der Waals surface area contributed by atoms with Gasteiger partial charge >= 0.3 is 0 Å². The topological polar surface area (TPSA) is 13.1 Å². The van der Waals surface area contributed by atoms with Crippen molar-refractivity contribution in [2.75, 3.05) is 7.11 Å².